The number of hydrogen-bond donors (Lipinski definition) is 2. The minimum Gasteiger partial charge on any atom is -0.454 e. The van der Waals surface area contributed by atoms with Gasteiger partial charge in [-0.05, 0) is 30.3 Å². The van der Waals surface area contributed by atoms with E-state index in [0.29, 0.717) is 11.5 Å². The van der Waals surface area contributed by atoms with Crippen molar-refractivity contribution in [1.29, 1.82) is 0 Å². The summed E-state index contributed by atoms with van der Waals surface area (Å²) < 4.78 is 37.9. The topological polar surface area (TPSA) is 134 Å². The number of benzene rings is 2. The normalized spacial score (nSPS) is 12.5. The first-order valence-electron chi connectivity index (χ1n) is 7.53. The summed E-state index contributed by atoms with van der Waals surface area (Å²) in [5, 5.41) is 7.06. The third-order valence-corrected chi connectivity index (χ3v) is 5.04. The maximum atomic E-state index is 12.1. The van der Waals surface area contributed by atoms with Crippen molar-refractivity contribution < 1.29 is 32.2 Å². The molecule has 1 amide bonds. The number of sulfonamides is 1. The number of esters is 1. The summed E-state index contributed by atoms with van der Waals surface area (Å²) in [5.41, 5.74) is 0.130. The van der Waals surface area contributed by atoms with Crippen LogP contribution < -0.4 is 19.9 Å². The first kappa shape index (κ1) is 20.2. The molecule has 12 heteroatoms. The molecule has 1 aliphatic rings. The number of carbonyl (C=O) groups is 2. The molecule has 3 N–H and O–H groups in total. The van der Waals surface area contributed by atoms with Gasteiger partial charge in [-0.2, -0.15) is 0 Å². The SMILES string of the molecule is NS(=O)(=O)c1cc(Cl)c(NC(=O)COC(=O)c2ccc3c(c2)OCO3)c(Cl)c1. The summed E-state index contributed by atoms with van der Waals surface area (Å²) in [4.78, 5) is 23.8. The Balaban J connectivity index is 1.64. The second-order valence-corrected chi connectivity index (χ2v) is 7.88. The third kappa shape index (κ3) is 4.47. The van der Waals surface area contributed by atoms with Gasteiger partial charge in [0.15, 0.2) is 18.1 Å². The second-order valence-electron chi connectivity index (χ2n) is 5.50. The molecule has 1 aliphatic heterocycles. The van der Waals surface area contributed by atoms with E-state index in [9.17, 15) is 18.0 Å². The predicted octanol–water partition coefficient (Wildman–Crippen LogP) is 2.17. The molecule has 0 bridgehead atoms. The molecule has 9 nitrogen and oxygen atoms in total. The summed E-state index contributed by atoms with van der Waals surface area (Å²) in [7, 11) is -4.02. The van der Waals surface area contributed by atoms with Crippen molar-refractivity contribution >= 4 is 50.8 Å². The quantitative estimate of drug-likeness (QED) is 0.671. The average molecular weight is 447 g/mol. The van der Waals surface area contributed by atoms with Crippen LogP contribution in [0.1, 0.15) is 10.4 Å². The highest BCUT2D eigenvalue weighted by Crippen LogP contribution is 2.34. The van der Waals surface area contributed by atoms with E-state index in [2.05, 4.69) is 5.32 Å². The molecule has 0 unspecified atom stereocenters. The van der Waals surface area contributed by atoms with E-state index in [-0.39, 0.29) is 33.0 Å². The van der Waals surface area contributed by atoms with Crippen LogP contribution in [0, 0.1) is 0 Å². The number of primary sulfonamides is 1. The van der Waals surface area contributed by atoms with Gasteiger partial charge in [0, 0.05) is 0 Å². The molecule has 2 aromatic rings. The Morgan fingerprint density at radius 1 is 1.11 bits per heavy atom. The van der Waals surface area contributed by atoms with Gasteiger partial charge in [0.25, 0.3) is 5.91 Å². The maximum Gasteiger partial charge on any atom is 0.338 e. The summed E-state index contributed by atoms with van der Waals surface area (Å²) in [6.07, 6.45) is 0. The molecule has 0 atom stereocenters. The molecule has 0 radical (unpaired) electrons. The Kier molecular flexibility index (Phi) is 5.66. The molecule has 1 heterocycles. The Morgan fingerprint density at radius 3 is 2.39 bits per heavy atom. The van der Waals surface area contributed by atoms with Crippen LogP contribution in [-0.4, -0.2) is 33.7 Å². The van der Waals surface area contributed by atoms with Crippen LogP contribution in [0.3, 0.4) is 0 Å². The summed E-state index contributed by atoms with van der Waals surface area (Å²) in [6.45, 7) is -0.571. The van der Waals surface area contributed by atoms with Crippen molar-refractivity contribution in [1.82, 2.24) is 0 Å². The van der Waals surface area contributed by atoms with Crippen LogP contribution in [0.2, 0.25) is 10.0 Å². The lowest BCUT2D eigenvalue weighted by atomic mass is 10.2. The molecule has 148 valence electrons. The predicted molar refractivity (Wildman–Crippen MR) is 99.3 cm³/mol. The molecule has 0 aliphatic carbocycles. The Hall–Kier alpha value is -2.53. The fourth-order valence-corrected chi connectivity index (χ4v) is 3.52. The second kappa shape index (κ2) is 7.84. The maximum absolute atomic E-state index is 12.1. The first-order chi connectivity index (χ1) is 13.1. The summed E-state index contributed by atoms with van der Waals surface area (Å²) in [6, 6.07) is 6.52. The molecule has 0 saturated heterocycles. The lowest BCUT2D eigenvalue weighted by Gasteiger charge is -2.11. The lowest BCUT2D eigenvalue weighted by Crippen LogP contribution is -2.21. The fourth-order valence-electron chi connectivity index (χ4n) is 2.25. The van der Waals surface area contributed by atoms with Crippen molar-refractivity contribution in [2.24, 2.45) is 5.14 Å². The highest BCUT2D eigenvalue weighted by molar-refractivity contribution is 7.89. The molecule has 0 spiro atoms. The van der Waals surface area contributed by atoms with Crippen molar-refractivity contribution in [3.63, 3.8) is 0 Å². The number of ether oxygens (including phenoxy) is 3. The van der Waals surface area contributed by atoms with Crippen molar-refractivity contribution in [2.45, 2.75) is 4.90 Å². The zero-order valence-corrected chi connectivity index (χ0v) is 16.2. The molecule has 2 aromatic carbocycles. The van der Waals surface area contributed by atoms with E-state index in [1.165, 1.54) is 12.1 Å². The smallest absolute Gasteiger partial charge is 0.338 e. The van der Waals surface area contributed by atoms with Crippen molar-refractivity contribution in [2.75, 3.05) is 18.7 Å². The van der Waals surface area contributed by atoms with Crippen LogP contribution in [0.25, 0.3) is 0 Å². The summed E-state index contributed by atoms with van der Waals surface area (Å²) >= 11 is 11.9. The third-order valence-electron chi connectivity index (χ3n) is 3.55. The van der Waals surface area contributed by atoms with Crippen LogP contribution >= 0.6 is 23.2 Å². The van der Waals surface area contributed by atoms with Crippen LogP contribution in [0.5, 0.6) is 11.5 Å². The molecular formula is C16H12Cl2N2O7S. The van der Waals surface area contributed by atoms with E-state index in [1.54, 1.807) is 6.07 Å². The van der Waals surface area contributed by atoms with Crippen molar-refractivity contribution in [3.05, 3.63) is 45.9 Å². The van der Waals surface area contributed by atoms with Crippen LogP contribution in [0.4, 0.5) is 5.69 Å². The molecule has 0 saturated carbocycles. The number of nitrogens with one attached hydrogen (secondary N) is 1. The number of hydrogen-bond acceptors (Lipinski definition) is 7. The Morgan fingerprint density at radius 2 is 1.75 bits per heavy atom. The monoisotopic (exact) mass is 446 g/mol. The van der Waals surface area contributed by atoms with Crippen LogP contribution in [-0.2, 0) is 19.6 Å². The lowest BCUT2D eigenvalue weighted by molar-refractivity contribution is -0.119. The van der Waals surface area contributed by atoms with Gasteiger partial charge in [-0.1, -0.05) is 23.2 Å². The molecular weight excluding hydrogens is 435 g/mol. The highest BCUT2D eigenvalue weighted by atomic mass is 35.5. The zero-order chi connectivity index (χ0) is 20.5. The van der Waals surface area contributed by atoms with E-state index < -0.39 is 28.5 Å². The molecule has 28 heavy (non-hydrogen) atoms. The number of fused-ring (bicyclic) bond motifs is 1. The van der Waals surface area contributed by atoms with Crippen molar-refractivity contribution in [3.8, 4) is 11.5 Å². The van der Waals surface area contributed by atoms with Gasteiger partial charge in [0.2, 0.25) is 16.8 Å². The Labute approximate surface area is 169 Å². The minimum atomic E-state index is -4.02. The van der Waals surface area contributed by atoms with Gasteiger partial charge in [0.05, 0.1) is 26.2 Å². The molecule has 0 aromatic heterocycles. The van der Waals surface area contributed by atoms with E-state index in [4.69, 9.17) is 42.6 Å². The molecule has 0 fully saturated rings. The Bertz CT molecular complexity index is 1050. The summed E-state index contributed by atoms with van der Waals surface area (Å²) in [5.74, 6) is -0.592. The fraction of sp³-hybridized carbons (Fsp3) is 0.125. The zero-order valence-electron chi connectivity index (χ0n) is 13.9. The standard InChI is InChI=1S/C16H12Cl2N2O7S/c17-10-4-9(28(19,23)24)5-11(18)15(10)20-14(21)6-25-16(22)8-1-2-12-13(3-8)27-7-26-12/h1-5H,6-7H2,(H,20,21)(H2,19,23,24). The average Bonchev–Trinajstić information content (AvgIpc) is 3.09. The number of anilines is 1. The van der Waals surface area contributed by atoms with Gasteiger partial charge >= 0.3 is 5.97 Å². The van der Waals surface area contributed by atoms with E-state index >= 15 is 0 Å². The minimum absolute atomic E-state index is 0.0418. The number of nitrogens with two attached hydrogens (primary N) is 1. The van der Waals surface area contributed by atoms with Gasteiger partial charge in [0.1, 0.15) is 0 Å². The van der Waals surface area contributed by atoms with E-state index in [0.717, 1.165) is 12.1 Å². The van der Waals surface area contributed by atoms with Gasteiger partial charge in [-0.25, -0.2) is 18.4 Å². The van der Waals surface area contributed by atoms with Gasteiger partial charge in [-0.15, -0.1) is 0 Å². The highest BCUT2D eigenvalue weighted by Gasteiger charge is 2.19. The largest absolute Gasteiger partial charge is 0.454 e. The van der Waals surface area contributed by atoms with Gasteiger partial charge in [-0.3, -0.25) is 4.79 Å². The first-order valence-corrected chi connectivity index (χ1v) is 9.84. The van der Waals surface area contributed by atoms with Crippen LogP contribution in [0.15, 0.2) is 35.2 Å². The number of amides is 1. The number of halogens is 2. The van der Waals surface area contributed by atoms with Gasteiger partial charge < -0.3 is 19.5 Å². The molecule has 3 rings (SSSR count). The number of carbonyl (C=O) groups excluding carboxylic acids is 2. The van der Waals surface area contributed by atoms with E-state index in [1.807, 2.05) is 0 Å². The number of rotatable bonds is 5.